The molecule has 0 bridgehead atoms. The Labute approximate surface area is 179 Å². The smallest absolute Gasteiger partial charge is 0.419 e. The molecule has 1 unspecified atom stereocenters. The monoisotopic (exact) mass is 436 g/mol. The summed E-state index contributed by atoms with van der Waals surface area (Å²) >= 11 is 6.09. The second-order valence-corrected chi connectivity index (χ2v) is 8.71. The van der Waals surface area contributed by atoms with Crippen molar-refractivity contribution < 1.29 is 17.9 Å². The van der Waals surface area contributed by atoms with Gasteiger partial charge in [-0.25, -0.2) is 0 Å². The third-order valence-electron chi connectivity index (χ3n) is 4.73. The fourth-order valence-electron chi connectivity index (χ4n) is 3.65. The number of nitrogens with two attached hydrogens (primary N) is 1. The largest absolute Gasteiger partial charge is 0.491 e. The van der Waals surface area contributed by atoms with Gasteiger partial charge in [-0.2, -0.15) is 13.2 Å². The number of nitrogens with zero attached hydrogens (tertiary/aromatic N) is 1. The van der Waals surface area contributed by atoms with E-state index in [0.29, 0.717) is 39.4 Å². The van der Waals surface area contributed by atoms with Gasteiger partial charge in [-0.3, -0.25) is 4.98 Å². The standard InChI is InChI=1S/C23H24ClF3N2O/c1-14(2)12-22(3,28)13-30-21-7-4-15(10-19(21)23(25,26)27)17-8-9-29-20-6-5-16(24)11-18(17)20/h4-11,14H,12-13,28H2,1-3H3. The molecular formula is C23H24ClF3N2O. The summed E-state index contributed by atoms with van der Waals surface area (Å²) in [5.74, 6) is 0.0722. The van der Waals surface area contributed by atoms with Crippen molar-refractivity contribution in [1.82, 2.24) is 4.98 Å². The Hall–Kier alpha value is -2.31. The molecule has 3 aromatic rings. The highest BCUT2D eigenvalue weighted by molar-refractivity contribution is 6.31. The molecule has 3 rings (SSSR count). The number of fused-ring (bicyclic) bond motifs is 1. The van der Waals surface area contributed by atoms with E-state index in [2.05, 4.69) is 4.98 Å². The average molecular weight is 437 g/mol. The molecule has 30 heavy (non-hydrogen) atoms. The van der Waals surface area contributed by atoms with Crippen molar-refractivity contribution in [3.05, 3.63) is 59.2 Å². The van der Waals surface area contributed by atoms with Gasteiger partial charge in [0, 0.05) is 22.1 Å². The van der Waals surface area contributed by atoms with Gasteiger partial charge in [0.2, 0.25) is 0 Å². The van der Waals surface area contributed by atoms with Crippen molar-refractivity contribution in [2.24, 2.45) is 11.7 Å². The molecule has 0 amide bonds. The van der Waals surface area contributed by atoms with E-state index < -0.39 is 17.3 Å². The SMILES string of the molecule is CC(C)CC(C)(N)COc1ccc(-c2ccnc3ccc(Cl)cc23)cc1C(F)(F)F. The van der Waals surface area contributed by atoms with Gasteiger partial charge in [0.25, 0.3) is 0 Å². The van der Waals surface area contributed by atoms with Crippen LogP contribution < -0.4 is 10.5 Å². The van der Waals surface area contributed by atoms with Crippen LogP contribution in [0.2, 0.25) is 5.02 Å². The molecule has 1 aromatic heterocycles. The van der Waals surface area contributed by atoms with Gasteiger partial charge in [0.15, 0.2) is 0 Å². The van der Waals surface area contributed by atoms with Crippen molar-refractivity contribution in [3.63, 3.8) is 0 Å². The lowest BCUT2D eigenvalue weighted by atomic mass is 9.93. The van der Waals surface area contributed by atoms with E-state index in [-0.39, 0.29) is 12.4 Å². The van der Waals surface area contributed by atoms with Crippen LogP contribution in [0.15, 0.2) is 48.7 Å². The van der Waals surface area contributed by atoms with Gasteiger partial charge in [0.05, 0.1) is 11.1 Å². The van der Waals surface area contributed by atoms with Gasteiger partial charge < -0.3 is 10.5 Å². The van der Waals surface area contributed by atoms with Gasteiger partial charge in [-0.1, -0.05) is 31.5 Å². The van der Waals surface area contributed by atoms with Gasteiger partial charge >= 0.3 is 6.18 Å². The minimum atomic E-state index is -4.57. The number of rotatable bonds is 6. The number of pyridine rings is 1. The Bertz CT molecular complexity index is 1050. The van der Waals surface area contributed by atoms with Crippen LogP contribution in [0.25, 0.3) is 22.0 Å². The summed E-state index contributed by atoms with van der Waals surface area (Å²) in [7, 11) is 0. The van der Waals surface area contributed by atoms with Crippen LogP contribution in [0.3, 0.4) is 0 Å². The lowest BCUT2D eigenvalue weighted by Gasteiger charge is -2.27. The molecule has 0 saturated carbocycles. The lowest BCUT2D eigenvalue weighted by molar-refractivity contribution is -0.139. The van der Waals surface area contributed by atoms with Crippen LogP contribution >= 0.6 is 11.6 Å². The zero-order valence-corrected chi connectivity index (χ0v) is 17.8. The van der Waals surface area contributed by atoms with E-state index in [4.69, 9.17) is 22.1 Å². The third-order valence-corrected chi connectivity index (χ3v) is 4.97. The zero-order valence-electron chi connectivity index (χ0n) is 17.1. The summed E-state index contributed by atoms with van der Waals surface area (Å²) in [5, 5.41) is 1.17. The first-order valence-corrected chi connectivity index (χ1v) is 10.0. The van der Waals surface area contributed by atoms with Crippen molar-refractivity contribution in [2.75, 3.05) is 6.61 Å². The van der Waals surface area contributed by atoms with Crippen LogP contribution in [0.5, 0.6) is 5.75 Å². The molecule has 0 aliphatic carbocycles. The predicted molar refractivity (Wildman–Crippen MR) is 115 cm³/mol. The summed E-state index contributed by atoms with van der Waals surface area (Å²) < 4.78 is 47.0. The summed E-state index contributed by atoms with van der Waals surface area (Å²) in [6.45, 7) is 5.78. The molecule has 2 aromatic carbocycles. The normalized spacial score (nSPS) is 14.2. The number of benzene rings is 2. The number of ether oxygens (including phenoxy) is 1. The molecule has 160 valence electrons. The summed E-state index contributed by atoms with van der Waals surface area (Å²) in [6, 6.07) is 10.9. The second kappa shape index (κ2) is 8.44. The number of hydrogen-bond acceptors (Lipinski definition) is 3. The molecule has 3 nitrogen and oxygen atoms in total. The van der Waals surface area contributed by atoms with E-state index in [1.807, 2.05) is 13.8 Å². The molecule has 1 atom stereocenters. The van der Waals surface area contributed by atoms with Crippen molar-refractivity contribution >= 4 is 22.5 Å². The van der Waals surface area contributed by atoms with E-state index in [0.717, 1.165) is 6.07 Å². The Morgan fingerprint density at radius 1 is 1.10 bits per heavy atom. The average Bonchev–Trinajstić information content (AvgIpc) is 2.64. The van der Waals surface area contributed by atoms with Crippen LogP contribution in [-0.4, -0.2) is 17.1 Å². The molecule has 0 spiro atoms. The van der Waals surface area contributed by atoms with E-state index in [1.165, 1.54) is 6.07 Å². The molecular weight excluding hydrogens is 413 g/mol. The van der Waals surface area contributed by atoms with E-state index >= 15 is 0 Å². The zero-order chi connectivity index (χ0) is 22.1. The van der Waals surface area contributed by atoms with Gasteiger partial charge in [-0.15, -0.1) is 0 Å². The van der Waals surface area contributed by atoms with Crippen LogP contribution in [0, 0.1) is 5.92 Å². The van der Waals surface area contributed by atoms with Crippen molar-refractivity contribution in [3.8, 4) is 16.9 Å². The van der Waals surface area contributed by atoms with E-state index in [1.54, 1.807) is 43.5 Å². The highest BCUT2D eigenvalue weighted by Gasteiger charge is 2.35. The number of hydrogen-bond donors (Lipinski definition) is 1. The number of alkyl halides is 3. The molecule has 0 aliphatic rings. The minimum Gasteiger partial charge on any atom is -0.491 e. The highest BCUT2D eigenvalue weighted by Crippen LogP contribution is 2.40. The van der Waals surface area contributed by atoms with Crippen LogP contribution in [0.1, 0.15) is 32.8 Å². The molecule has 2 N–H and O–H groups in total. The summed E-state index contributed by atoms with van der Waals surface area (Å²) in [6.07, 6.45) is -2.37. The number of aromatic nitrogens is 1. The Kier molecular flexibility index (Phi) is 6.29. The Morgan fingerprint density at radius 3 is 2.50 bits per heavy atom. The maximum atomic E-state index is 13.8. The van der Waals surface area contributed by atoms with Crippen molar-refractivity contribution in [2.45, 2.75) is 38.9 Å². The Balaban J connectivity index is 2.01. The lowest BCUT2D eigenvalue weighted by Crippen LogP contribution is -2.43. The second-order valence-electron chi connectivity index (χ2n) is 8.27. The molecule has 1 heterocycles. The summed E-state index contributed by atoms with van der Waals surface area (Å²) in [5.41, 5.74) is 6.30. The topological polar surface area (TPSA) is 48.1 Å². The first-order valence-electron chi connectivity index (χ1n) is 9.64. The molecule has 0 saturated heterocycles. The molecule has 0 aliphatic heterocycles. The maximum absolute atomic E-state index is 13.8. The Morgan fingerprint density at radius 2 is 1.83 bits per heavy atom. The fourth-order valence-corrected chi connectivity index (χ4v) is 3.82. The van der Waals surface area contributed by atoms with Gasteiger partial charge in [0.1, 0.15) is 12.4 Å². The highest BCUT2D eigenvalue weighted by atomic mass is 35.5. The molecule has 0 fully saturated rings. The quantitative estimate of drug-likeness (QED) is 0.466. The molecule has 7 heteroatoms. The van der Waals surface area contributed by atoms with Crippen LogP contribution in [0.4, 0.5) is 13.2 Å². The minimum absolute atomic E-state index is 0.0125. The van der Waals surface area contributed by atoms with Crippen molar-refractivity contribution in [1.29, 1.82) is 0 Å². The van der Waals surface area contributed by atoms with Gasteiger partial charge in [-0.05, 0) is 66.8 Å². The summed E-state index contributed by atoms with van der Waals surface area (Å²) in [4.78, 5) is 4.26. The maximum Gasteiger partial charge on any atom is 0.419 e. The number of halogens is 4. The first-order chi connectivity index (χ1) is 14.0. The van der Waals surface area contributed by atoms with E-state index in [9.17, 15) is 13.2 Å². The third kappa shape index (κ3) is 5.24. The predicted octanol–water partition coefficient (Wildman–Crippen LogP) is 6.72. The molecule has 0 radical (unpaired) electrons. The van der Waals surface area contributed by atoms with Crippen LogP contribution in [-0.2, 0) is 6.18 Å². The fraction of sp³-hybridized carbons (Fsp3) is 0.348. The first kappa shape index (κ1) is 22.4.